The molecule has 4 rings (SSSR count). The second-order valence-corrected chi connectivity index (χ2v) is 11.5. The number of phenolic OH excluding ortho intramolecular Hbond substituents is 1. The van der Waals surface area contributed by atoms with Gasteiger partial charge in [-0.15, -0.1) is 0 Å². The highest BCUT2D eigenvalue weighted by Gasteiger charge is 2.37. The van der Waals surface area contributed by atoms with Crippen molar-refractivity contribution >= 4 is 17.3 Å². The number of nitro benzene ring substituents is 1. The van der Waals surface area contributed by atoms with E-state index in [4.69, 9.17) is 9.47 Å². The molecule has 2 atom stereocenters. The van der Waals surface area contributed by atoms with Gasteiger partial charge in [0.15, 0.2) is 0 Å². The quantitative estimate of drug-likeness (QED) is 0.189. The maximum Gasteiger partial charge on any atom is 0.316 e. The summed E-state index contributed by atoms with van der Waals surface area (Å²) < 4.78 is 11.6. The summed E-state index contributed by atoms with van der Waals surface area (Å²) >= 11 is 0. The Morgan fingerprint density at radius 2 is 1.44 bits per heavy atom. The number of hydrogen-bond donors (Lipinski definition) is 1. The molecule has 0 radical (unpaired) electrons. The molecule has 0 bridgehead atoms. The Hall–Kier alpha value is -4.59. The van der Waals surface area contributed by atoms with E-state index in [9.17, 15) is 20.0 Å². The van der Waals surface area contributed by atoms with E-state index < -0.39 is 16.3 Å². The Morgan fingerprint density at radius 1 is 0.902 bits per heavy atom. The van der Waals surface area contributed by atoms with Gasteiger partial charge in [-0.05, 0) is 93.6 Å². The first-order valence-electron chi connectivity index (χ1n) is 13.4. The first-order valence-corrected chi connectivity index (χ1v) is 13.4. The van der Waals surface area contributed by atoms with E-state index in [1.165, 1.54) is 12.1 Å². The number of phenols is 1. The Bertz CT molecular complexity index is 1490. The number of rotatable bonds is 6. The zero-order chi connectivity index (χ0) is 30.1. The van der Waals surface area contributed by atoms with Crippen molar-refractivity contribution in [1.29, 1.82) is 0 Å². The third-order valence-corrected chi connectivity index (χ3v) is 7.23. The molecular weight excluding hydrogens is 520 g/mol. The molecule has 3 aromatic carbocycles. The second kappa shape index (κ2) is 11.5. The summed E-state index contributed by atoms with van der Waals surface area (Å²) in [6.45, 7) is 11.2. The van der Waals surface area contributed by atoms with Gasteiger partial charge in [-0.1, -0.05) is 24.3 Å². The van der Waals surface area contributed by atoms with Crippen molar-refractivity contribution in [2.75, 3.05) is 12.0 Å². The van der Waals surface area contributed by atoms with Gasteiger partial charge >= 0.3 is 5.97 Å². The zero-order valence-corrected chi connectivity index (χ0v) is 24.5. The monoisotopic (exact) mass is 556 g/mol. The molecule has 1 heterocycles. The predicted octanol–water partition coefficient (Wildman–Crippen LogP) is 7.65. The molecule has 0 spiro atoms. The third kappa shape index (κ3) is 6.27. The van der Waals surface area contributed by atoms with Crippen molar-refractivity contribution in [3.63, 3.8) is 0 Å². The maximum atomic E-state index is 13.4. The van der Waals surface area contributed by atoms with Gasteiger partial charge in [-0.3, -0.25) is 14.9 Å². The first kappa shape index (κ1) is 29.4. The molecule has 8 heteroatoms. The fourth-order valence-electron chi connectivity index (χ4n) is 5.23. The van der Waals surface area contributed by atoms with Crippen molar-refractivity contribution in [2.45, 2.75) is 53.4 Å². The van der Waals surface area contributed by atoms with Crippen LogP contribution >= 0.6 is 0 Å². The van der Waals surface area contributed by atoms with Gasteiger partial charge in [0.25, 0.3) is 5.69 Å². The molecule has 1 aliphatic heterocycles. The lowest BCUT2D eigenvalue weighted by molar-refractivity contribution is -0.384. The third-order valence-electron chi connectivity index (χ3n) is 7.23. The van der Waals surface area contributed by atoms with Crippen LogP contribution in [0.15, 0.2) is 84.4 Å². The Morgan fingerprint density at radius 3 is 1.95 bits per heavy atom. The molecule has 0 saturated heterocycles. The number of methoxy groups -OCH3 is 1. The number of nitro groups is 1. The Labute approximate surface area is 240 Å². The number of allylic oxidation sites excluding steroid dienone is 2. The number of nitrogens with zero attached hydrogens (tertiary/aromatic N) is 2. The van der Waals surface area contributed by atoms with Gasteiger partial charge in [0, 0.05) is 30.5 Å². The fourth-order valence-corrected chi connectivity index (χ4v) is 5.23. The number of benzene rings is 3. The van der Waals surface area contributed by atoms with E-state index in [0.717, 1.165) is 33.5 Å². The molecule has 0 unspecified atom stereocenters. The van der Waals surface area contributed by atoms with Crippen LogP contribution in [0.4, 0.5) is 11.4 Å². The van der Waals surface area contributed by atoms with E-state index in [-0.39, 0.29) is 23.3 Å². The van der Waals surface area contributed by atoms with Gasteiger partial charge < -0.3 is 19.5 Å². The van der Waals surface area contributed by atoms with Crippen LogP contribution < -0.4 is 9.64 Å². The fraction of sp³-hybridized carbons (Fsp3) is 0.303. The average molecular weight is 557 g/mol. The first-order chi connectivity index (χ1) is 19.3. The molecular formula is C33H36N2O6. The van der Waals surface area contributed by atoms with Crippen LogP contribution in [0.1, 0.15) is 61.8 Å². The Balaban J connectivity index is 2.00. The molecule has 3 aromatic rings. The van der Waals surface area contributed by atoms with Crippen molar-refractivity contribution in [3.05, 3.63) is 117 Å². The largest absolute Gasteiger partial charge is 0.508 e. The van der Waals surface area contributed by atoms with Crippen molar-refractivity contribution < 1.29 is 24.3 Å². The molecule has 1 N–H and O–H groups in total. The molecule has 0 saturated carbocycles. The topological polar surface area (TPSA) is 102 Å². The van der Waals surface area contributed by atoms with Crippen molar-refractivity contribution in [1.82, 2.24) is 0 Å². The average Bonchev–Trinajstić information content (AvgIpc) is 3.03. The standard InChI is InChI=1S/C33H36N2O6/c1-20-16-26(36)17-21(2)31(20)34-18-22(3)29(23-8-12-25(13-9-23)35(38)39)30(24-10-14-27(40-7)15-11-24)28(19-34)41-32(37)33(4,5)6/h8-19,29-30,36H,1-7H3/t29-,30+/m0/s1. The molecule has 0 fully saturated rings. The summed E-state index contributed by atoms with van der Waals surface area (Å²) in [4.78, 5) is 26.3. The number of ether oxygens (including phenoxy) is 2. The van der Waals surface area contributed by atoms with Crippen LogP contribution in [0.3, 0.4) is 0 Å². The number of anilines is 1. The van der Waals surface area contributed by atoms with E-state index in [1.807, 2.05) is 62.3 Å². The number of aryl methyl sites for hydroxylation is 2. The highest BCUT2D eigenvalue weighted by molar-refractivity contribution is 5.77. The molecule has 8 nitrogen and oxygen atoms in total. The predicted molar refractivity (Wildman–Crippen MR) is 159 cm³/mol. The van der Waals surface area contributed by atoms with Crippen LogP contribution in [0.2, 0.25) is 0 Å². The van der Waals surface area contributed by atoms with Crippen LogP contribution in [-0.4, -0.2) is 23.1 Å². The summed E-state index contributed by atoms with van der Waals surface area (Å²) in [5.41, 5.74) is 4.45. The number of esters is 1. The van der Waals surface area contributed by atoms with E-state index in [0.29, 0.717) is 11.5 Å². The Kier molecular flexibility index (Phi) is 8.24. The number of carbonyl (C=O) groups is 1. The van der Waals surface area contributed by atoms with Gasteiger partial charge in [0.05, 0.1) is 29.1 Å². The number of hydrogen-bond acceptors (Lipinski definition) is 7. The molecule has 0 aliphatic carbocycles. The van der Waals surface area contributed by atoms with Crippen molar-refractivity contribution in [2.24, 2.45) is 5.41 Å². The molecule has 214 valence electrons. The molecule has 41 heavy (non-hydrogen) atoms. The highest BCUT2D eigenvalue weighted by atomic mass is 16.6. The summed E-state index contributed by atoms with van der Waals surface area (Å²) in [6, 6.07) is 17.5. The van der Waals surface area contributed by atoms with Crippen LogP contribution in [0, 0.1) is 29.4 Å². The summed E-state index contributed by atoms with van der Waals surface area (Å²) in [5.74, 6) is 0.124. The lowest BCUT2D eigenvalue weighted by atomic mass is 9.76. The van der Waals surface area contributed by atoms with E-state index in [1.54, 1.807) is 52.1 Å². The van der Waals surface area contributed by atoms with E-state index in [2.05, 4.69) is 0 Å². The minimum absolute atomic E-state index is 0.00287. The SMILES string of the molecule is COc1ccc([C@@H]2C(OC(=O)C(C)(C)C)=CN(c3c(C)cc(O)cc3C)C=C(C)[C@H]2c2ccc([N+](=O)[O-])cc2)cc1. The van der Waals surface area contributed by atoms with Gasteiger partial charge in [-0.2, -0.15) is 0 Å². The highest BCUT2D eigenvalue weighted by Crippen LogP contribution is 2.47. The summed E-state index contributed by atoms with van der Waals surface area (Å²) in [6.07, 6.45) is 3.83. The zero-order valence-electron chi connectivity index (χ0n) is 24.5. The summed E-state index contributed by atoms with van der Waals surface area (Å²) in [7, 11) is 1.60. The lowest BCUT2D eigenvalue weighted by Gasteiger charge is -2.30. The van der Waals surface area contributed by atoms with E-state index >= 15 is 0 Å². The number of carbonyl (C=O) groups excluding carboxylic acids is 1. The lowest BCUT2D eigenvalue weighted by Crippen LogP contribution is -2.26. The van der Waals surface area contributed by atoms with Crippen LogP contribution in [-0.2, 0) is 9.53 Å². The minimum Gasteiger partial charge on any atom is -0.508 e. The molecule has 0 aromatic heterocycles. The van der Waals surface area contributed by atoms with Gasteiger partial charge in [0.1, 0.15) is 17.3 Å². The van der Waals surface area contributed by atoms with Gasteiger partial charge in [-0.25, -0.2) is 0 Å². The smallest absolute Gasteiger partial charge is 0.316 e. The van der Waals surface area contributed by atoms with Gasteiger partial charge in [0.2, 0.25) is 0 Å². The number of non-ortho nitro benzene ring substituents is 1. The van der Waals surface area contributed by atoms with Crippen LogP contribution in [0.25, 0.3) is 0 Å². The maximum absolute atomic E-state index is 13.4. The van der Waals surface area contributed by atoms with Crippen LogP contribution in [0.5, 0.6) is 11.5 Å². The molecule has 1 aliphatic rings. The summed E-state index contributed by atoms with van der Waals surface area (Å²) in [5, 5.41) is 21.6. The minimum atomic E-state index is -0.766. The normalized spacial score (nSPS) is 17.3. The number of aromatic hydroxyl groups is 1. The molecule has 0 amide bonds. The second-order valence-electron chi connectivity index (χ2n) is 11.5. The van der Waals surface area contributed by atoms with Crippen molar-refractivity contribution in [3.8, 4) is 11.5 Å².